The highest BCUT2D eigenvalue weighted by atomic mass is 16.5. The molecule has 0 amide bonds. The molecule has 0 aliphatic heterocycles. The van der Waals surface area contributed by atoms with E-state index < -0.39 is 0 Å². The third kappa shape index (κ3) is 13.0. The van der Waals surface area contributed by atoms with Crippen molar-refractivity contribution in [2.45, 2.75) is 48.0 Å². The topological polar surface area (TPSA) is 18.5 Å². The number of rotatable bonds is 3. The van der Waals surface area contributed by atoms with Gasteiger partial charge in [0.05, 0.1) is 25.7 Å². The summed E-state index contributed by atoms with van der Waals surface area (Å²) in [6, 6.07) is 0. The van der Waals surface area contributed by atoms with Gasteiger partial charge < -0.3 is 9.47 Å². The molecule has 0 fully saturated rings. The maximum Gasteiger partial charge on any atom is 0.0937 e. The van der Waals surface area contributed by atoms with Gasteiger partial charge in [0.15, 0.2) is 0 Å². The molecular weight excluding hydrogens is 212 g/mol. The Balaban J connectivity index is 0. The smallest absolute Gasteiger partial charge is 0.0937 e. The SMILES string of the molecule is C=C(CC(C)(C)C)OC.C=C(OC)C(C)(C)C. The van der Waals surface area contributed by atoms with Gasteiger partial charge in [-0.3, -0.25) is 0 Å². The van der Waals surface area contributed by atoms with Crippen LogP contribution in [0.2, 0.25) is 0 Å². The number of ether oxygens (including phenoxy) is 2. The van der Waals surface area contributed by atoms with Crippen molar-refractivity contribution < 1.29 is 9.47 Å². The van der Waals surface area contributed by atoms with E-state index in [0.29, 0.717) is 5.41 Å². The molecule has 0 unspecified atom stereocenters. The average Bonchev–Trinajstić information content (AvgIpc) is 2.13. The van der Waals surface area contributed by atoms with Gasteiger partial charge in [0, 0.05) is 11.8 Å². The fourth-order valence-corrected chi connectivity index (χ4v) is 0.970. The maximum atomic E-state index is 4.93. The highest BCUT2D eigenvalue weighted by molar-refractivity contribution is 4.94. The fraction of sp³-hybridized carbons (Fsp3) is 0.733. The molecule has 0 bridgehead atoms. The first-order valence-corrected chi connectivity index (χ1v) is 5.89. The van der Waals surface area contributed by atoms with Gasteiger partial charge in [0.2, 0.25) is 0 Å². The zero-order valence-electron chi connectivity index (χ0n) is 12.9. The van der Waals surface area contributed by atoms with Crippen molar-refractivity contribution in [3.8, 4) is 0 Å². The summed E-state index contributed by atoms with van der Waals surface area (Å²) in [5.41, 5.74) is 0.391. The highest BCUT2D eigenvalue weighted by Crippen LogP contribution is 2.23. The third-order valence-corrected chi connectivity index (χ3v) is 2.10. The van der Waals surface area contributed by atoms with Gasteiger partial charge >= 0.3 is 0 Å². The Bertz CT molecular complexity index is 239. The summed E-state index contributed by atoms with van der Waals surface area (Å²) in [5, 5.41) is 0. The molecule has 17 heavy (non-hydrogen) atoms. The van der Waals surface area contributed by atoms with Crippen LogP contribution in [0.1, 0.15) is 48.0 Å². The average molecular weight is 242 g/mol. The summed E-state index contributed by atoms with van der Waals surface area (Å²) in [4.78, 5) is 0. The second kappa shape index (κ2) is 7.41. The van der Waals surface area contributed by atoms with Gasteiger partial charge in [-0.25, -0.2) is 0 Å². The number of allylic oxidation sites excluding steroid dienone is 2. The van der Waals surface area contributed by atoms with E-state index in [1.807, 2.05) is 0 Å². The van der Waals surface area contributed by atoms with E-state index in [1.54, 1.807) is 14.2 Å². The van der Waals surface area contributed by atoms with Crippen LogP contribution >= 0.6 is 0 Å². The van der Waals surface area contributed by atoms with Crippen molar-refractivity contribution in [3.63, 3.8) is 0 Å². The van der Waals surface area contributed by atoms with Crippen molar-refractivity contribution >= 4 is 0 Å². The molecule has 0 atom stereocenters. The first kappa shape index (κ1) is 18.4. The van der Waals surface area contributed by atoms with E-state index >= 15 is 0 Å². The van der Waals surface area contributed by atoms with Gasteiger partial charge in [-0.1, -0.05) is 54.7 Å². The Kier molecular flexibility index (Phi) is 8.04. The van der Waals surface area contributed by atoms with Gasteiger partial charge in [-0.05, 0) is 5.41 Å². The Morgan fingerprint density at radius 2 is 1.29 bits per heavy atom. The summed E-state index contributed by atoms with van der Waals surface area (Å²) in [7, 11) is 3.31. The maximum absolute atomic E-state index is 4.93. The Morgan fingerprint density at radius 1 is 0.882 bits per heavy atom. The molecule has 0 rings (SSSR count). The molecule has 102 valence electrons. The van der Waals surface area contributed by atoms with Crippen LogP contribution in [0.5, 0.6) is 0 Å². The molecule has 0 aromatic rings. The van der Waals surface area contributed by atoms with Crippen LogP contribution in [0.3, 0.4) is 0 Å². The molecule has 0 heterocycles. The minimum Gasteiger partial charge on any atom is -0.502 e. The first-order valence-electron chi connectivity index (χ1n) is 5.89. The summed E-state index contributed by atoms with van der Waals surface area (Å²) >= 11 is 0. The molecule has 0 saturated carbocycles. The zero-order chi connectivity index (χ0) is 14.3. The zero-order valence-corrected chi connectivity index (χ0v) is 12.9. The van der Waals surface area contributed by atoms with E-state index in [0.717, 1.165) is 17.9 Å². The van der Waals surface area contributed by atoms with E-state index in [4.69, 9.17) is 9.47 Å². The predicted octanol–water partition coefficient (Wildman–Crippen LogP) is 4.78. The van der Waals surface area contributed by atoms with E-state index in [9.17, 15) is 0 Å². The quantitative estimate of drug-likeness (QED) is 0.663. The second-order valence-corrected chi connectivity index (χ2v) is 6.36. The lowest BCUT2D eigenvalue weighted by Crippen LogP contribution is -2.09. The molecule has 2 heteroatoms. The van der Waals surface area contributed by atoms with Crippen molar-refractivity contribution in [1.82, 2.24) is 0 Å². The summed E-state index contributed by atoms with van der Waals surface area (Å²) in [5.74, 6) is 1.69. The van der Waals surface area contributed by atoms with Gasteiger partial charge in [0.1, 0.15) is 0 Å². The Labute approximate surface area is 108 Å². The van der Waals surface area contributed by atoms with Crippen molar-refractivity contribution in [3.05, 3.63) is 24.7 Å². The van der Waals surface area contributed by atoms with Gasteiger partial charge in [-0.2, -0.15) is 0 Å². The van der Waals surface area contributed by atoms with Crippen LogP contribution in [0.25, 0.3) is 0 Å². The highest BCUT2D eigenvalue weighted by Gasteiger charge is 2.14. The molecule has 0 saturated heterocycles. The summed E-state index contributed by atoms with van der Waals surface area (Å²) < 4.78 is 9.85. The van der Waals surface area contributed by atoms with Crippen LogP contribution in [0, 0.1) is 10.8 Å². The molecule has 2 nitrogen and oxygen atoms in total. The van der Waals surface area contributed by atoms with Crippen LogP contribution in [0.4, 0.5) is 0 Å². The van der Waals surface area contributed by atoms with Crippen molar-refractivity contribution in [2.75, 3.05) is 14.2 Å². The third-order valence-electron chi connectivity index (χ3n) is 2.10. The Hall–Kier alpha value is -0.920. The van der Waals surface area contributed by atoms with Gasteiger partial charge in [-0.15, -0.1) is 0 Å². The van der Waals surface area contributed by atoms with Crippen LogP contribution in [-0.2, 0) is 9.47 Å². The van der Waals surface area contributed by atoms with E-state index in [2.05, 4.69) is 54.7 Å². The molecule has 0 N–H and O–H groups in total. The molecule has 0 spiro atoms. The van der Waals surface area contributed by atoms with E-state index in [-0.39, 0.29) is 5.41 Å². The number of hydrogen-bond donors (Lipinski definition) is 0. The molecule has 0 aromatic heterocycles. The van der Waals surface area contributed by atoms with E-state index in [1.165, 1.54) is 0 Å². The first-order chi connectivity index (χ1) is 7.44. The van der Waals surface area contributed by atoms with Crippen LogP contribution in [0.15, 0.2) is 24.7 Å². The minimum atomic E-state index is 0.0920. The lowest BCUT2D eigenvalue weighted by molar-refractivity contribution is 0.208. The normalized spacial score (nSPS) is 11.1. The Morgan fingerprint density at radius 3 is 1.35 bits per heavy atom. The van der Waals surface area contributed by atoms with Gasteiger partial charge in [0.25, 0.3) is 0 Å². The van der Waals surface area contributed by atoms with Crippen molar-refractivity contribution in [1.29, 1.82) is 0 Å². The second-order valence-electron chi connectivity index (χ2n) is 6.36. The fourth-order valence-electron chi connectivity index (χ4n) is 0.970. The minimum absolute atomic E-state index is 0.0920. The van der Waals surface area contributed by atoms with Crippen LogP contribution in [-0.4, -0.2) is 14.2 Å². The largest absolute Gasteiger partial charge is 0.502 e. The predicted molar refractivity (Wildman–Crippen MR) is 75.8 cm³/mol. The number of hydrogen-bond acceptors (Lipinski definition) is 2. The van der Waals surface area contributed by atoms with Crippen molar-refractivity contribution in [2.24, 2.45) is 10.8 Å². The lowest BCUT2D eigenvalue weighted by Gasteiger charge is -2.19. The molecular formula is C15H30O2. The molecule has 0 aliphatic carbocycles. The standard InChI is InChI=1S/C8H16O.C7H14O/c1-7(9-5)6-8(2,3)4;1-6(8-5)7(2,3)4/h1,6H2,2-5H3;1H2,2-5H3. The number of methoxy groups -OCH3 is 2. The molecule has 0 aromatic carbocycles. The lowest BCUT2D eigenvalue weighted by atomic mass is 9.92. The van der Waals surface area contributed by atoms with Crippen LogP contribution < -0.4 is 0 Å². The molecule has 0 radical (unpaired) electrons. The summed E-state index contributed by atoms with van der Waals surface area (Å²) in [6.45, 7) is 20.2. The monoisotopic (exact) mass is 242 g/mol. The molecule has 0 aliphatic rings. The summed E-state index contributed by atoms with van der Waals surface area (Å²) in [6.07, 6.45) is 0.934.